The van der Waals surface area contributed by atoms with Crippen molar-refractivity contribution >= 4 is 32.8 Å². The summed E-state index contributed by atoms with van der Waals surface area (Å²) in [7, 11) is 0. The summed E-state index contributed by atoms with van der Waals surface area (Å²) in [4.78, 5) is 8.41. The Balaban J connectivity index is 2.48. The van der Waals surface area contributed by atoms with Crippen LogP contribution < -0.4 is 5.73 Å². The lowest BCUT2D eigenvalue weighted by atomic mass is 10.2. The van der Waals surface area contributed by atoms with Crippen LogP contribution in [0.2, 0.25) is 0 Å². The monoisotopic (exact) mass is 341 g/mol. The summed E-state index contributed by atoms with van der Waals surface area (Å²) in [5, 5.41) is 10.2. The van der Waals surface area contributed by atoms with E-state index in [9.17, 15) is 5.26 Å². The predicted molar refractivity (Wildman–Crippen MR) is 85.2 cm³/mol. The van der Waals surface area contributed by atoms with E-state index < -0.39 is 0 Å². The largest absolute Gasteiger partial charge is 0.383 e. The zero-order valence-corrected chi connectivity index (χ0v) is 13.1. The number of anilines is 1. The molecule has 3 rings (SSSR count). The molecule has 0 unspecified atom stereocenters. The molecule has 5 nitrogen and oxygen atoms in total. The molecule has 104 valence electrons. The molecule has 0 saturated carbocycles. The minimum Gasteiger partial charge on any atom is -0.383 e. The van der Waals surface area contributed by atoms with Gasteiger partial charge in [-0.05, 0) is 37.6 Å². The topological polar surface area (TPSA) is 80.5 Å². The second kappa shape index (κ2) is 4.86. The molecule has 0 aliphatic heterocycles. The molecule has 0 atom stereocenters. The van der Waals surface area contributed by atoms with E-state index in [0.717, 1.165) is 26.8 Å². The Hall–Kier alpha value is -2.39. The maximum Gasteiger partial charge on any atom is 0.150 e. The predicted octanol–water partition coefficient (Wildman–Crippen LogP) is 3.25. The Kier molecular flexibility index (Phi) is 3.15. The van der Waals surface area contributed by atoms with Gasteiger partial charge >= 0.3 is 0 Å². The molecule has 0 radical (unpaired) electrons. The van der Waals surface area contributed by atoms with E-state index >= 15 is 0 Å². The summed E-state index contributed by atoms with van der Waals surface area (Å²) in [6.07, 6.45) is 1.44. The Morgan fingerprint density at radius 2 is 2.05 bits per heavy atom. The second-order valence-electron chi connectivity index (χ2n) is 4.78. The molecule has 0 saturated heterocycles. The van der Waals surface area contributed by atoms with E-state index in [-0.39, 0.29) is 0 Å². The van der Waals surface area contributed by atoms with E-state index in [4.69, 9.17) is 5.73 Å². The first-order chi connectivity index (χ1) is 10.0. The summed E-state index contributed by atoms with van der Waals surface area (Å²) < 4.78 is 2.85. The van der Waals surface area contributed by atoms with Gasteiger partial charge in [-0.1, -0.05) is 15.9 Å². The van der Waals surface area contributed by atoms with E-state index in [1.54, 1.807) is 6.07 Å². The van der Waals surface area contributed by atoms with Crippen LogP contribution in [0.3, 0.4) is 0 Å². The molecule has 2 aromatic heterocycles. The Morgan fingerprint density at radius 1 is 1.29 bits per heavy atom. The molecule has 6 heteroatoms. The van der Waals surface area contributed by atoms with Gasteiger partial charge in [0.05, 0.1) is 16.6 Å². The number of nitriles is 1. The van der Waals surface area contributed by atoms with Gasteiger partial charge in [-0.25, -0.2) is 9.97 Å². The fourth-order valence-electron chi connectivity index (χ4n) is 2.51. The zero-order valence-electron chi connectivity index (χ0n) is 11.6. The Labute approximate surface area is 130 Å². The normalized spacial score (nSPS) is 10.8. The highest BCUT2D eigenvalue weighted by Gasteiger charge is 2.18. The SMILES string of the molecule is Cc1c(C)n(-c2cc(Br)ccc2C#N)c2ncnc(N)c12. The molecule has 0 spiro atoms. The number of aryl methyl sites for hydroxylation is 1. The van der Waals surface area contributed by atoms with Crippen LogP contribution in [0, 0.1) is 25.2 Å². The zero-order chi connectivity index (χ0) is 15.1. The van der Waals surface area contributed by atoms with E-state index in [2.05, 4.69) is 32.0 Å². The van der Waals surface area contributed by atoms with E-state index in [1.807, 2.05) is 30.5 Å². The smallest absolute Gasteiger partial charge is 0.150 e. The summed E-state index contributed by atoms with van der Waals surface area (Å²) in [6, 6.07) is 7.76. The maximum atomic E-state index is 9.36. The molecule has 0 bridgehead atoms. The molecule has 2 heterocycles. The summed E-state index contributed by atoms with van der Waals surface area (Å²) in [5.41, 5.74) is 10.1. The third-order valence-corrected chi connectivity index (χ3v) is 4.14. The number of halogens is 1. The van der Waals surface area contributed by atoms with Crippen molar-refractivity contribution in [1.82, 2.24) is 14.5 Å². The van der Waals surface area contributed by atoms with Crippen LogP contribution in [0.5, 0.6) is 0 Å². The van der Waals surface area contributed by atoms with E-state index in [1.165, 1.54) is 6.33 Å². The molecular formula is C15H12BrN5. The average Bonchev–Trinajstić information content (AvgIpc) is 2.72. The van der Waals surface area contributed by atoms with Gasteiger partial charge in [-0.15, -0.1) is 0 Å². The lowest BCUT2D eigenvalue weighted by Gasteiger charge is -2.10. The Bertz CT molecular complexity index is 905. The molecule has 0 aliphatic carbocycles. The molecule has 0 amide bonds. The molecule has 1 aromatic carbocycles. The molecular weight excluding hydrogens is 330 g/mol. The van der Waals surface area contributed by atoms with Gasteiger partial charge in [-0.2, -0.15) is 5.26 Å². The number of benzene rings is 1. The number of nitrogen functional groups attached to an aromatic ring is 1. The van der Waals surface area contributed by atoms with Crippen LogP contribution in [-0.2, 0) is 0 Å². The van der Waals surface area contributed by atoms with Crippen molar-refractivity contribution in [2.75, 3.05) is 5.73 Å². The molecule has 2 N–H and O–H groups in total. The van der Waals surface area contributed by atoms with Crippen LogP contribution >= 0.6 is 15.9 Å². The first kappa shape index (κ1) is 13.6. The van der Waals surface area contributed by atoms with Crippen LogP contribution in [0.1, 0.15) is 16.8 Å². The van der Waals surface area contributed by atoms with Crippen molar-refractivity contribution < 1.29 is 0 Å². The van der Waals surface area contributed by atoms with Crippen molar-refractivity contribution in [3.8, 4) is 11.8 Å². The molecule has 0 aliphatic rings. The summed E-state index contributed by atoms with van der Waals surface area (Å²) >= 11 is 3.45. The standard InChI is InChI=1S/C15H12BrN5/c1-8-9(2)21(15-13(8)14(18)19-7-20-15)12-5-11(16)4-3-10(12)6-17/h3-5,7H,1-2H3,(H2,18,19,20). The number of nitrogens with two attached hydrogens (primary N) is 1. The highest BCUT2D eigenvalue weighted by molar-refractivity contribution is 9.10. The van der Waals surface area contributed by atoms with Crippen LogP contribution in [0.25, 0.3) is 16.7 Å². The van der Waals surface area contributed by atoms with Crippen molar-refractivity contribution in [2.24, 2.45) is 0 Å². The molecule has 3 aromatic rings. The Morgan fingerprint density at radius 3 is 2.76 bits per heavy atom. The molecule has 21 heavy (non-hydrogen) atoms. The first-order valence-electron chi connectivity index (χ1n) is 6.32. The highest BCUT2D eigenvalue weighted by atomic mass is 79.9. The lowest BCUT2D eigenvalue weighted by molar-refractivity contribution is 1.01. The minimum atomic E-state index is 0.452. The number of rotatable bonds is 1. The number of hydrogen-bond donors (Lipinski definition) is 1. The summed E-state index contributed by atoms with van der Waals surface area (Å²) in [6.45, 7) is 3.97. The van der Waals surface area contributed by atoms with E-state index in [0.29, 0.717) is 17.0 Å². The van der Waals surface area contributed by atoms with Crippen LogP contribution in [-0.4, -0.2) is 14.5 Å². The summed E-state index contributed by atoms with van der Waals surface area (Å²) in [5.74, 6) is 0.452. The number of hydrogen-bond acceptors (Lipinski definition) is 4. The third-order valence-electron chi connectivity index (χ3n) is 3.64. The van der Waals surface area contributed by atoms with Gasteiger partial charge in [0.15, 0.2) is 5.65 Å². The van der Waals surface area contributed by atoms with Gasteiger partial charge in [0, 0.05) is 10.2 Å². The van der Waals surface area contributed by atoms with Gasteiger partial charge in [-0.3, -0.25) is 4.57 Å². The lowest BCUT2D eigenvalue weighted by Crippen LogP contribution is -2.01. The quantitative estimate of drug-likeness (QED) is 0.736. The van der Waals surface area contributed by atoms with Crippen molar-refractivity contribution in [3.63, 3.8) is 0 Å². The van der Waals surface area contributed by atoms with Gasteiger partial charge in [0.2, 0.25) is 0 Å². The number of fused-ring (bicyclic) bond motifs is 1. The van der Waals surface area contributed by atoms with Crippen molar-refractivity contribution in [2.45, 2.75) is 13.8 Å². The van der Waals surface area contributed by atoms with Gasteiger partial charge in [0.25, 0.3) is 0 Å². The maximum absolute atomic E-state index is 9.36. The van der Waals surface area contributed by atoms with Gasteiger partial charge in [0.1, 0.15) is 18.2 Å². The number of nitrogens with zero attached hydrogens (tertiary/aromatic N) is 4. The van der Waals surface area contributed by atoms with Crippen molar-refractivity contribution in [1.29, 1.82) is 5.26 Å². The van der Waals surface area contributed by atoms with Crippen LogP contribution in [0.15, 0.2) is 29.0 Å². The van der Waals surface area contributed by atoms with Crippen molar-refractivity contribution in [3.05, 3.63) is 45.8 Å². The minimum absolute atomic E-state index is 0.452. The van der Waals surface area contributed by atoms with Crippen LogP contribution in [0.4, 0.5) is 5.82 Å². The second-order valence-corrected chi connectivity index (χ2v) is 5.69. The molecule has 0 fully saturated rings. The average molecular weight is 342 g/mol. The number of aromatic nitrogens is 3. The fourth-order valence-corrected chi connectivity index (χ4v) is 2.85. The van der Waals surface area contributed by atoms with Gasteiger partial charge < -0.3 is 5.73 Å². The third kappa shape index (κ3) is 1.98. The highest BCUT2D eigenvalue weighted by Crippen LogP contribution is 2.31. The first-order valence-corrected chi connectivity index (χ1v) is 7.12. The fraction of sp³-hybridized carbons (Fsp3) is 0.133.